The van der Waals surface area contributed by atoms with E-state index in [9.17, 15) is 4.79 Å². The van der Waals surface area contributed by atoms with Gasteiger partial charge in [0.2, 0.25) is 0 Å². The van der Waals surface area contributed by atoms with Gasteiger partial charge in [-0.2, -0.15) is 0 Å². The van der Waals surface area contributed by atoms with Gasteiger partial charge >= 0.3 is 0 Å². The Balaban J connectivity index is 2.34. The number of carbonyl (C=O) groups excluding carboxylic acids is 1. The fourth-order valence-electron chi connectivity index (χ4n) is 1.95. The summed E-state index contributed by atoms with van der Waals surface area (Å²) in [6.45, 7) is 2.00. The van der Waals surface area contributed by atoms with Crippen LogP contribution in [0.4, 0.5) is 0 Å². The normalized spacial score (nSPS) is 12.4. The monoisotopic (exact) mass is 298 g/mol. The second-order valence-electron chi connectivity index (χ2n) is 3.97. The van der Waals surface area contributed by atoms with Crippen LogP contribution in [0.15, 0.2) is 36.4 Å². The van der Waals surface area contributed by atoms with E-state index >= 15 is 0 Å². The summed E-state index contributed by atoms with van der Waals surface area (Å²) >= 11 is 13.2. The van der Waals surface area contributed by atoms with Crippen LogP contribution in [0.3, 0.4) is 0 Å². The Labute approximate surface area is 120 Å². The molecule has 0 fully saturated rings. The standard InChI is InChI=1S/C14H12Cl2OS/c1-2-10(9-6-4-3-5-7-9)13(17)11-8-12(15)18-14(11)16/h3-8,10H,2H2,1H3. The molecule has 2 rings (SSSR count). The Morgan fingerprint density at radius 2 is 1.94 bits per heavy atom. The van der Waals surface area contributed by atoms with Crippen molar-refractivity contribution < 1.29 is 4.79 Å². The van der Waals surface area contributed by atoms with Crippen molar-refractivity contribution in [2.24, 2.45) is 0 Å². The Hall–Kier alpha value is -0.830. The van der Waals surface area contributed by atoms with Crippen molar-refractivity contribution in [2.75, 3.05) is 0 Å². The molecule has 1 unspecified atom stereocenters. The summed E-state index contributed by atoms with van der Waals surface area (Å²) in [5, 5.41) is 0. The molecule has 1 nitrogen and oxygen atoms in total. The molecule has 1 heterocycles. The van der Waals surface area contributed by atoms with Gasteiger partial charge in [-0.3, -0.25) is 4.79 Å². The Morgan fingerprint density at radius 3 is 2.44 bits per heavy atom. The van der Waals surface area contributed by atoms with Crippen molar-refractivity contribution in [1.82, 2.24) is 0 Å². The van der Waals surface area contributed by atoms with Crippen LogP contribution in [-0.2, 0) is 0 Å². The molecule has 0 aliphatic carbocycles. The number of Topliss-reactive ketones (excluding diaryl/α,β-unsaturated/α-hetero) is 1. The maximum atomic E-state index is 12.5. The van der Waals surface area contributed by atoms with Crippen molar-refractivity contribution in [2.45, 2.75) is 19.3 Å². The van der Waals surface area contributed by atoms with Gasteiger partial charge in [0.1, 0.15) is 4.34 Å². The first-order valence-corrected chi connectivity index (χ1v) is 7.24. The summed E-state index contributed by atoms with van der Waals surface area (Å²) in [5.74, 6) is -0.119. The Kier molecular flexibility index (Phi) is 4.44. The van der Waals surface area contributed by atoms with Crippen LogP contribution in [0, 0.1) is 0 Å². The van der Waals surface area contributed by atoms with Gasteiger partial charge in [-0.15, -0.1) is 11.3 Å². The molecule has 0 N–H and O–H groups in total. The molecule has 94 valence electrons. The topological polar surface area (TPSA) is 17.1 Å². The van der Waals surface area contributed by atoms with Crippen molar-refractivity contribution in [3.05, 3.63) is 56.2 Å². The highest BCUT2D eigenvalue weighted by Crippen LogP contribution is 2.35. The molecule has 0 radical (unpaired) electrons. The number of halogens is 2. The Morgan fingerprint density at radius 1 is 1.28 bits per heavy atom. The maximum absolute atomic E-state index is 12.5. The third kappa shape index (κ3) is 2.77. The lowest BCUT2D eigenvalue weighted by Crippen LogP contribution is -2.11. The summed E-state index contributed by atoms with van der Waals surface area (Å²) in [4.78, 5) is 12.5. The Bertz CT molecular complexity index is 548. The van der Waals surface area contributed by atoms with E-state index in [-0.39, 0.29) is 11.7 Å². The van der Waals surface area contributed by atoms with E-state index in [0.717, 1.165) is 12.0 Å². The number of hydrogen-bond acceptors (Lipinski definition) is 2. The van der Waals surface area contributed by atoms with E-state index < -0.39 is 0 Å². The lowest BCUT2D eigenvalue weighted by Gasteiger charge is -2.13. The summed E-state index contributed by atoms with van der Waals surface area (Å²) in [7, 11) is 0. The first kappa shape index (κ1) is 13.6. The average Bonchev–Trinajstić information content (AvgIpc) is 2.70. The predicted octanol–water partition coefficient (Wildman–Crippen LogP) is 5.43. The first-order chi connectivity index (χ1) is 8.63. The van der Waals surface area contributed by atoms with E-state index in [0.29, 0.717) is 14.2 Å². The van der Waals surface area contributed by atoms with Crippen LogP contribution < -0.4 is 0 Å². The lowest BCUT2D eigenvalue weighted by atomic mass is 9.90. The third-order valence-electron chi connectivity index (χ3n) is 2.85. The predicted molar refractivity (Wildman–Crippen MR) is 78.1 cm³/mol. The molecular weight excluding hydrogens is 287 g/mol. The molecule has 0 saturated heterocycles. The first-order valence-electron chi connectivity index (χ1n) is 5.67. The minimum absolute atomic E-state index is 0.0388. The van der Waals surface area contributed by atoms with Crippen LogP contribution in [0.2, 0.25) is 8.67 Å². The fourth-order valence-corrected chi connectivity index (χ4v) is 3.43. The van der Waals surface area contributed by atoms with Gasteiger partial charge in [0.05, 0.1) is 4.34 Å². The number of hydrogen-bond donors (Lipinski definition) is 0. The molecule has 0 aliphatic rings. The number of thiophene rings is 1. The van der Waals surface area contributed by atoms with Crippen LogP contribution in [0.25, 0.3) is 0 Å². The van der Waals surface area contributed by atoms with E-state index in [1.807, 2.05) is 37.3 Å². The van der Waals surface area contributed by atoms with Crippen molar-refractivity contribution in [1.29, 1.82) is 0 Å². The zero-order chi connectivity index (χ0) is 13.1. The van der Waals surface area contributed by atoms with E-state index in [4.69, 9.17) is 23.2 Å². The second kappa shape index (κ2) is 5.87. The number of rotatable bonds is 4. The van der Waals surface area contributed by atoms with Gasteiger partial charge in [-0.25, -0.2) is 0 Å². The minimum atomic E-state index is -0.158. The lowest BCUT2D eigenvalue weighted by molar-refractivity contribution is 0.0958. The highest BCUT2D eigenvalue weighted by Gasteiger charge is 2.23. The van der Waals surface area contributed by atoms with Gasteiger partial charge in [0.25, 0.3) is 0 Å². The van der Waals surface area contributed by atoms with E-state index in [2.05, 4.69) is 0 Å². The third-order valence-corrected chi connectivity index (χ3v) is 4.34. The van der Waals surface area contributed by atoms with Gasteiger partial charge in [-0.1, -0.05) is 60.5 Å². The molecule has 0 saturated carbocycles. The summed E-state index contributed by atoms with van der Waals surface area (Å²) in [6, 6.07) is 11.4. The maximum Gasteiger partial charge on any atom is 0.172 e. The second-order valence-corrected chi connectivity index (χ2v) is 6.26. The van der Waals surface area contributed by atoms with Crippen molar-refractivity contribution in [3.63, 3.8) is 0 Å². The van der Waals surface area contributed by atoms with Crippen molar-refractivity contribution >= 4 is 40.3 Å². The van der Waals surface area contributed by atoms with Crippen LogP contribution in [-0.4, -0.2) is 5.78 Å². The van der Waals surface area contributed by atoms with Crippen LogP contribution >= 0.6 is 34.5 Å². The summed E-state index contributed by atoms with van der Waals surface area (Å²) in [5.41, 5.74) is 1.55. The molecule has 1 atom stereocenters. The minimum Gasteiger partial charge on any atom is -0.293 e. The molecule has 2 aromatic rings. The zero-order valence-electron chi connectivity index (χ0n) is 9.82. The number of ketones is 1. The molecule has 0 aliphatic heterocycles. The SMILES string of the molecule is CCC(C(=O)c1cc(Cl)sc1Cl)c1ccccc1. The fraction of sp³-hybridized carbons (Fsp3) is 0.214. The van der Waals surface area contributed by atoms with Crippen molar-refractivity contribution in [3.8, 4) is 0 Å². The molecule has 0 spiro atoms. The van der Waals surface area contributed by atoms with E-state index in [1.165, 1.54) is 11.3 Å². The highest BCUT2D eigenvalue weighted by atomic mass is 35.5. The molecule has 0 amide bonds. The van der Waals surface area contributed by atoms with Gasteiger partial charge < -0.3 is 0 Å². The zero-order valence-corrected chi connectivity index (χ0v) is 12.1. The molecule has 4 heteroatoms. The summed E-state index contributed by atoms with van der Waals surface area (Å²) < 4.78 is 1.02. The smallest absolute Gasteiger partial charge is 0.172 e. The quantitative estimate of drug-likeness (QED) is 0.688. The molecule has 1 aromatic heterocycles. The van der Waals surface area contributed by atoms with Crippen LogP contribution in [0.5, 0.6) is 0 Å². The van der Waals surface area contributed by atoms with Gasteiger partial charge in [0, 0.05) is 11.5 Å². The molecule has 1 aromatic carbocycles. The average molecular weight is 299 g/mol. The number of carbonyl (C=O) groups is 1. The van der Waals surface area contributed by atoms with Crippen LogP contribution in [0.1, 0.15) is 35.2 Å². The largest absolute Gasteiger partial charge is 0.293 e. The molecule has 0 bridgehead atoms. The van der Waals surface area contributed by atoms with Gasteiger partial charge in [0.15, 0.2) is 5.78 Å². The van der Waals surface area contributed by atoms with E-state index in [1.54, 1.807) is 6.07 Å². The van der Waals surface area contributed by atoms with Gasteiger partial charge in [-0.05, 0) is 18.1 Å². The number of benzene rings is 1. The summed E-state index contributed by atoms with van der Waals surface area (Å²) in [6.07, 6.45) is 0.743. The highest BCUT2D eigenvalue weighted by molar-refractivity contribution is 7.20. The molecule has 18 heavy (non-hydrogen) atoms. The molecular formula is C14H12Cl2OS.